The van der Waals surface area contributed by atoms with Crippen LogP contribution in [-0.2, 0) is 6.54 Å². The second-order valence-electron chi connectivity index (χ2n) is 5.48. The van der Waals surface area contributed by atoms with Crippen LogP contribution >= 0.6 is 0 Å². The number of rotatable bonds is 6. The Bertz CT molecular complexity index is 406. The molecule has 1 N–H and O–H groups in total. The third kappa shape index (κ3) is 3.95. The van der Waals surface area contributed by atoms with Gasteiger partial charge in [-0.1, -0.05) is 19.1 Å². The zero-order chi connectivity index (χ0) is 13.7. The summed E-state index contributed by atoms with van der Waals surface area (Å²) < 4.78 is 5.28. The van der Waals surface area contributed by atoms with Crippen LogP contribution in [-0.4, -0.2) is 38.2 Å². The van der Waals surface area contributed by atoms with Gasteiger partial charge < -0.3 is 15.0 Å². The van der Waals surface area contributed by atoms with Crippen LogP contribution in [0.2, 0.25) is 0 Å². The Morgan fingerprint density at radius 3 is 2.89 bits per heavy atom. The van der Waals surface area contributed by atoms with Crippen molar-refractivity contribution < 1.29 is 4.74 Å². The molecule has 0 aliphatic carbocycles. The van der Waals surface area contributed by atoms with Crippen LogP contribution in [0.5, 0.6) is 5.75 Å². The first-order valence-electron chi connectivity index (χ1n) is 7.29. The molecular weight excluding hydrogens is 236 g/mol. The Morgan fingerprint density at radius 2 is 2.26 bits per heavy atom. The Kier molecular flexibility index (Phi) is 5.23. The monoisotopic (exact) mass is 262 g/mol. The summed E-state index contributed by atoms with van der Waals surface area (Å²) in [5.74, 6) is 1.79. The maximum Gasteiger partial charge on any atom is 0.121 e. The molecule has 0 amide bonds. The van der Waals surface area contributed by atoms with Gasteiger partial charge in [0.1, 0.15) is 5.75 Å². The van der Waals surface area contributed by atoms with E-state index in [4.69, 9.17) is 4.74 Å². The molecule has 1 aromatic rings. The molecule has 106 valence electrons. The lowest BCUT2D eigenvalue weighted by Gasteiger charge is -2.14. The highest BCUT2D eigenvalue weighted by Gasteiger charge is 2.20. The van der Waals surface area contributed by atoms with Crippen molar-refractivity contribution in [1.29, 1.82) is 0 Å². The van der Waals surface area contributed by atoms with E-state index in [0.717, 1.165) is 24.8 Å². The van der Waals surface area contributed by atoms with Gasteiger partial charge in [-0.25, -0.2) is 0 Å². The van der Waals surface area contributed by atoms with Crippen molar-refractivity contribution in [3.63, 3.8) is 0 Å². The maximum absolute atomic E-state index is 5.28. The van der Waals surface area contributed by atoms with Crippen molar-refractivity contribution in [3.8, 4) is 5.75 Å². The number of benzene rings is 1. The zero-order valence-corrected chi connectivity index (χ0v) is 12.4. The fourth-order valence-electron chi connectivity index (χ4n) is 2.84. The van der Waals surface area contributed by atoms with Crippen molar-refractivity contribution in [2.75, 3.05) is 33.3 Å². The Labute approximate surface area is 116 Å². The van der Waals surface area contributed by atoms with E-state index >= 15 is 0 Å². The molecule has 0 aromatic heterocycles. The van der Waals surface area contributed by atoms with Gasteiger partial charge in [0.25, 0.3) is 0 Å². The minimum Gasteiger partial charge on any atom is -0.496 e. The molecule has 3 heteroatoms. The smallest absolute Gasteiger partial charge is 0.121 e. The highest BCUT2D eigenvalue weighted by Crippen LogP contribution is 2.19. The second kappa shape index (κ2) is 6.92. The topological polar surface area (TPSA) is 24.5 Å². The van der Waals surface area contributed by atoms with Crippen molar-refractivity contribution in [1.82, 2.24) is 10.2 Å². The summed E-state index contributed by atoms with van der Waals surface area (Å²) in [6.45, 7) is 10.1. The molecule has 0 saturated carbocycles. The molecule has 1 fully saturated rings. The van der Waals surface area contributed by atoms with Gasteiger partial charge in [0, 0.05) is 13.1 Å². The van der Waals surface area contributed by atoms with E-state index in [-0.39, 0.29) is 0 Å². The first kappa shape index (κ1) is 14.4. The number of likely N-dealkylation sites (tertiary alicyclic amines) is 1. The molecule has 1 aliphatic heterocycles. The third-order valence-corrected chi connectivity index (χ3v) is 4.04. The summed E-state index contributed by atoms with van der Waals surface area (Å²) in [5, 5.41) is 3.59. The van der Waals surface area contributed by atoms with Crippen molar-refractivity contribution in [2.45, 2.75) is 26.8 Å². The third-order valence-electron chi connectivity index (χ3n) is 4.04. The second-order valence-corrected chi connectivity index (χ2v) is 5.48. The van der Waals surface area contributed by atoms with Gasteiger partial charge in [-0.15, -0.1) is 0 Å². The van der Waals surface area contributed by atoms with Crippen molar-refractivity contribution in [2.24, 2.45) is 5.92 Å². The molecule has 1 aromatic carbocycles. The molecule has 2 rings (SSSR count). The highest BCUT2D eigenvalue weighted by atomic mass is 16.5. The van der Waals surface area contributed by atoms with Crippen LogP contribution < -0.4 is 10.1 Å². The van der Waals surface area contributed by atoms with Gasteiger partial charge in [-0.05, 0) is 56.1 Å². The fourth-order valence-corrected chi connectivity index (χ4v) is 2.84. The minimum atomic E-state index is 0.819. The number of nitrogens with one attached hydrogen (secondary N) is 1. The van der Waals surface area contributed by atoms with Crippen molar-refractivity contribution >= 4 is 0 Å². The molecule has 1 saturated heterocycles. The lowest BCUT2D eigenvalue weighted by molar-refractivity contribution is 0.339. The van der Waals surface area contributed by atoms with Gasteiger partial charge in [-0.2, -0.15) is 0 Å². The lowest BCUT2D eigenvalue weighted by Crippen LogP contribution is -2.26. The quantitative estimate of drug-likeness (QED) is 0.852. The normalized spacial score (nSPS) is 19.8. The fraction of sp³-hybridized carbons (Fsp3) is 0.625. The average Bonchev–Trinajstić information content (AvgIpc) is 2.87. The van der Waals surface area contributed by atoms with Crippen LogP contribution in [0, 0.1) is 12.8 Å². The minimum absolute atomic E-state index is 0.819. The molecule has 0 spiro atoms. The van der Waals surface area contributed by atoms with E-state index in [1.54, 1.807) is 7.11 Å². The first-order valence-corrected chi connectivity index (χ1v) is 7.29. The number of hydrogen-bond acceptors (Lipinski definition) is 3. The van der Waals surface area contributed by atoms with Crippen LogP contribution in [0.25, 0.3) is 0 Å². The average molecular weight is 262 g/mol. The number of methoxy groups -OCH3 is 1. The highest BCUT2D eigenvalue weighted by molar-refractivity contribution is 5.36. The van der Waals surface area contributed by atoms with E-state index in [2.05, 4.69) is 42.3 Å². The number of hydrogen-bond donors (Lipinski definition) is 1. The summed E-state index contributed by atoms with van der Waals surface area (Å²) in [6, 6.07) is 6.41. The van der Waals surface area contributed by atoms with E-state index in [1.165, 1.54) is 37.2 Å². The number of nitrogens with zero attached hydrogens (tertiary/aromatic N) is 1. The van der Waals surface area contributed by atoms with E-state index in [1.807, 2.05) is 0 Å². The van der Waals surface area contributed by atoms with Gasteiger partial charge in [-0.3, -0.25) is 0 Å². The molecule has 3 nitrogen and oxygen atoms in total. The van der Waals surface area contributed by atoms with Crippen LogP contribution in [0.4, 0.5) is 0 Å². The van der Waals surface area contributed by atoms with E-state index in [0.29, 0.717) is 0 Å². The Morgan fingerprint density at radius 1 is 1.42 bits per heavy atom. The predicted molar refractivity (Wildman–Crippen MR) is 79.7 cm³/mol. The molecule has 0 bridgehead atoms. The molecule has 1 unspecified atom stereocenters. The molecule has 1 heterocycles. The lowest BCUT2D eigenvalue weighted by atomic mass is 10.1. The molecule has 19 heavy (non-hydrogen) atoms. The predicted octanol–water partition coefficient (Wildman–Crippen LogP) is 2.44. The standard InChI is InChI=1S/C16H26N2O/c1-4-18-8-7-15(12-18)11-17-10-14-5-6-16(19-3)13(2)9-14/h5-6,9,15,17H,4,7-8,10-12H2,1-3H3. The van der Waals surface area contributed by atoms with Crippen LogP contribution in [0.3, 0.4) is 0 Å². The SMILES string of the molecule is CCN1CCC(CNCc2ccc(OC)c(C)c2)C1. The Balaban J connectivity index is 1.75. The van der Waals surface area contributed by atoms with E-state index in [9.17, 15) is 0 Å². The van der Waals surface area contributed by atoms with Crippen molar-refractivity contribution in [3.05, 3.63) is 29.3 Å². The van der Waals surface area contributed by atoms with Crippen LogP contribution in [0.15, 0.2) is 18.2 Å². The molecule has 0 radical (unpaired) electrons. The van der Waals surface area contributed by atoms with Crippen LogP contribution in [0.1, 0.15) is 24.5 Å². The van der Waals surface area contributed by atoms with E-state index < -0.39 is 0 Å². The summed E-state index contributed by atoms with van der Waals surface area (Å²) in [4.78, 5) is 2.53. The summed E-state index contributed by atoms with van der Waals surface area (Å²) in [5.41, 5.74) is 2.54. The van der Waals surface area contributed by atoms with Gasteiger partial charge in [0.05, 0.1) is 7.11 Å². The van der Waals surface area contributed by atoms with Gasteiger partial charge in [0.2, 0.25) is 0 Å². The van der Waals surface area contributed by atoms with Gasteiger partial charge >= 0.3 is 0 Å². The molecule has 1 atom stereocenters. The van der Waals surface area contributed by atoms with Gasteiger partial charge in [0.15, 0.2) is 0 Å². The summed E-state index contributed by atoms with van der Waals surface area (Å²) in [6.07, 6.45) is 1.34. The maximum atomic E-state index is 5.28. The molecule has 1 aliphatic rings. The molecular formula is C16H26N2O. The zero-order valence-electron chi connectivity index (χ0n) is 12.4. The largest absolute Gasteiger partial charge is 0.496 e. The first-order chi connectivity index (χ1) is 9.22. The summed E-state index contributed by atoms with van der Waals surface area (Å²) in [7, 11) is 1.72. The number of ether oxygens (including phenoxy) is 1. The number of aryl methyl sites for hydroxylation is 1. The summed E-state index contributed by atoms with van der Waals surface area (Å²) >= 11 is 0. The Hall–Kier alpha value is -1.06.